The fourth-order valence-electron chi connectivity index (χ4n) is 16.2. The minimum atomic E-state index is -0.728. The third-order valence-corrected chi connectivity index (χ3v) is 19.5. The average molecular weight is 1160 g/mol. The lowest BCUT2D eigenvalue weighted by Crippen LogP contribution is -2.62. The number of carbonyl (C=O) groups excluding carboxylic acids is 8. The van der Waals surface area contributed by atoms with Crippen molar-refractivity contribution in [2.24, 2.45) is 59.2 Å². The van der Waals surface area contributed by atoms with Crippen LogP contribution in [0.5, 0.6) is 0 Å². The molecule has 17 nitrogen and oxygen atoms in total. The van der Waals surface area contributed by atoms with E-state index in [1.165, 1.54) is 71.6 Å². The molecular weight excluding hydrogens is 1060 g/mol. The first-order chi connectivity index (χ1) is 38.5. The minimum absolute atomic E-state index is 0. The zero-order chi connectivity index (χ0) is 60.2. The second-order valence-electron chi connectivity index (χ2n) is 26.6. The molecule has 2 aliphatic heterocycles. The van der Waals surface area contributed by atoms with Gasteiger partial charge in [-0.1, -0.05) is 60.1 Å². The number of fused-ring (bicyclic) bond motifs is 1. The van der Waals surface area contributed by atoms with Gasteiger partial charge in [0.15, 0.2) is 6.61 Å². The van der Waals surface area contributed by atoms with E-state index in [1.54, 1.807) is 20.8 Å². The quantitative estimate of drug-likeness (QED) is 0.0738. The summed E-state index contributed by atoms with van der Waals surface area (Å²) in [5.41, 5.74) is 0.649. The Morgan fingerprint density at radius 1 is 0.627 bits per heavy atom. The van der Waals surface area contributed by atoms with Gasteiger partial charge in [-0.2, -0.15) is 0 Å². The number of hydrogen-bond donors (Lipinski definition) is 1. The zero-order valence-electron chi connectivity index (χ0n) is 50.7. The van der Waals surface area contributed by atoms with Crippen LogP contribution >= 0.6 is 0 Å². The first-order valence-corrected chi connectivity index (χ1v) is 30.2. The monoisotopic (exact) mass is 1160 g/mol. The van der Waals surface area contributed by atoms with Crippen LogP contribution in [0, 0.1) is 59.2 Å². The SMILES string of the molecule is C=C(C)C(=O)OC1(C(C)C)C2CC3CC(C2)CC1C3.C=C(C)C(=O)OC1(CC)CCCCC1.C=C(C)C(=O)OC12CC3CC(CC(O)(C3)C1)C2.C=C(C)C(=O)OC1CCOC1=O.C=C(C)C(=O)OCC(=O)OC1C2CC3C(=O)OC1C3C2.[B]. The van der Waals surface area contributed by atoms with Crippen LogP contribution in [0.25, 0.3) is 0 Å². The van der Waals surface area contributed by atoms with Crippen molar-refractivity contribution in [2.75, 3.05) is 13.2 Å². The molecule has 1 N–H and O–H groups in total. The lowest BCUT2D eigenvalue weighted by molar-refractivity contribution is -0.221. The van der Waals surface area contributed by atoms with E-state index < -0.39 is 53.9 Å². The van der Waals surface area contributed by atoms with Crippen molar-refractivity contribution in [2.45, 2.75) is 225 Å². The van der Waals surface area contributed by atoms with Gasteiger partial charge in [0.25, 0.3) is 0 Å². The van der Waals surface area contributed by atoms with Crippen LogP contribution in [0.2, 0.25) is 0 Å². The molecule has 0 aromatic carbocycles. The summed E-state index contributed by atoms with van der Waals surface area (Å²) in [5.74, 6) is 1.70. The van der Waals surface area contributed by atoms with Gasteiger partial charge in [0.2, 0.25) is 6.10 Å². The Labute approximate surface area is 493 Å². The predicted molar refractivity (Wildman–Crippen MR) is 307 cm³/mol. The Morgan fingerprint density at radius 3 is 1.63 bits per heavy atom. The normalized spacial score (nSPS) is 35.0. The number of ether oxygens (including phenoxy) is 8. The molecule has 8 atom stereocenters. The van der Waals surface area contributed by atoms with Gasteiger partial charge in [-0.25, -0.2) is 33.6 Å². The zero-order valence-corrected chi connectivity index (χ0v) is 50.7. The molecule has 11 aliphatic carbocycles. The van der Waals surface area contributed by atoms with Gasteiger partial charge in [-0.3, -0.25) is 4.79 Å². The van der Waals surface area contributed by atoms with E-state index in [0.29, 0.717) is 65.8 Å². The first-order valence-electron chi connectivity index (χ1n) is 30.2. The van der Waals surface area contributed by atoms with Gasteiger partial charge < -0.3 is 43.0 Å². The summed E-state index contributed by atoms with van der Waals surface area (Å²) < 4.78 is 42.0. The average Bonchev–Trinajstić information content (AvgIpc) is 1.94. The summed E-state index contributed by atoms with van der Waals surface area (Å²) in [6.45, 7) is 32.4. The van der Waals surface area contributed by atoms with E-state index in [0.717, 1.165) is 69.6 Å². The largest absolute Gasteiger partial charge is 0.463 e. The van der Waals surface area contributed by atoms with Crippen LogP contribution in [0.15, 0.2) is 60.8 Å². The molecule has 2 heterocycles. The Bertz CT molecular complexity index is 2490. The van der Waals surface area contributed by atoms with Crippen molar-refractivity contribution < 1.29 is 81.4 Å². The van der Waals surface area contributed by atoms with Crippen LogP contribution < -0.4 is 0 Å². The Hall–Kier alpha value is -5.52. The van der Waals surface area contributed by atoms with E-state index in [1.807, 2.05) is 0 Å². The topological polar surface area (TPSA) is 231 Å². The van der Waals surface area contributed by atoms with E-state index in [9.17, 15) is 43.5 Å². The summed E-state index contributed by atoms with van der Waals surface area (Å²) in [6.07, 6.45) is 19.2. The molecule has 13 fully saturated rings. The molecule has 2 saturated heterocycles. The molecule has 10 bridgehead atoms. The van der Waals surface area contributed by atoms with E-state index >= 15 is 0 Å². The molecule has 0 aromatic heterocycles. The summed E-state index contributed by atoms with van der Waals surface area (Å²) in [5, 5.41) is 10.5. The molecule has 0 spiro atoms. The molecule has 0 amide bonds. The van der Waals surface area contributed by atoms with Crippen molar-refractivity contribution >= 4 is 56.2 Å². The van der Waals surface area contributed by atoms with Crippen LogP contribution in [-0.2, 0) is 76.3 Å². The third kappa shape index (κ3) is 15.5. The highest BCUT2D eigenvalue weighted by molar-refractivity contribution is 5.90. The van der Waals surface area contributed by atoms with Crippen molar-refractivity contribution in [1.29, 1.82) is 0 Å². The van der Waals surface area contributed by atoms with Gasteiger partial charge >= 0.3 is 47.8 Å². The molecule has 83 heavy (non-hydrogen) atoms. The smallest absolute Gasteiger partial charge is 0.347 e. The number of carbonyl (C=O) groups is 8. The standard InChI is InChI=1S/C17H26O2.C14H16O6.C14H20O3.C12H20O2.C8H10O4.B/c1-10(2)16(18)19-17(11(3)4)14-6-12-5-13(8-14)9-15(17)7-12;1-6(2)13(16)18-5-10(15)19-11-7-3-8-9(4-7)14(17)20-12(8)11;1-9(2)12(15)17-14-6-10-3-11(7-14)5-13(16,4-10)8-14;1-4-12(8-6-5-7-9-12)14-11(13)10(2)3;1-5(2)7(9)12-6-3-4-11-8(6)10;/h11-15H,1,5-9H2,2-4H3;7-9,11-12H,1,3-5H2,2H3;10-11,16H,1,3-8H2,2H3;2,4-9H2,1,3H3;6H,1,3-4H2,2H3;. The molecule has 11 saturated carbocycles. The van der Waals surface area contributed by atoms with E-state index in [4.69, 9.17) is 33.2 Å². The first kappa shape index (κ1) is 66.6. The highest BCUT2D eigenvalue weighted by atomic mass is 16.6. The van der Waals surface area contributed by atoms with Crippen LogP contribution in [0.4, 0.5) is 0 Å². The van der Waals surface area contributed by atoms with E-state index in [-0.39, 0.29) is 78.5 Å². The maximum Gasteiger partial charge on any atom is 0.347 e. The molecule has 13 aliphatic rings. The summed E-state index contributed by atoms with van der Waals surface area (Å²) in [7, 11) is 0. The maximum absolute atomic E-state index is 12.1. The molecule has 18 heteroatoms. The predicted octanol–water partition coefficient (Wildman–Crippen LogP) is 10.0. The molecule has 3 radical (unpaired) electrons. The fraction of sp³-hybridized carbons (Fsp3) is 0.723. The fourth-order valence-corrected chi connectivity index (χ4v) is 16.2. The number of rotatable bonds is 14. The lowest BCUT2D eigenvalue weighted by atomic mass is 9.47. The summed E-state index contributed by atoms with van der Waals surface area (Å²) in [6, 6.07) is 0. The highest BCUT2D eigenvalue weighted by Crippen LogP contribution is 2.62. The third-order valence-electron chi connectivity index (χ3n) is 19.5. The van der Waals surface area contributed by atoms with E-state index in [2.05, 4.69) is 58.4 Å². The van der Waals surface area contributed by atoms with Crippen molar-refractivity contribution in [3.05, 3.63) is 60.8 Å². The minimum Gasteiger partial charge on any atom is -0.463 e. The van der Waals surface area contributed by atoms with Crippen LogP contribution in [0.3, 0.4) is 0 Å². The van der Waals surface area contributed by atoms with Gasteiger partial charge in [-0.15, -0.1) is 0 Å². The number of hydrogen-bond acceptors (Lipinski definition) is 17. The lowest BCUT2D eigenvalue weighted by Gasteiger charge is -2.61. The molecule has 13 rings (SSSR count). The van der Waals surface area contributed by atoms with Crippen molar-refractivity contribution in [1.82, 2.24) is 0 Å². The molecule has 457 valence electrons. The Kier molecular flexibility index (Phi) is 21.9. The van der Waals surface area contributed by atoms with Gasteiger partial charge in [0, 0.05) is 61.0 Å². The Balaban J connectivity index is 0.000000168. The second-order valence-corrected chi connectivity index (χ2v) is 26.6. The van der Waals surface area contributed by atoms with Gasteiger partial charge in [0.1, 0.15) is 29.0 Å². The van der Waals surface area contributed by atoms with Crippen molar-refractivity contribution in [3.8, 4) is 0 Å². The number of esters is 8. The highest BCUT2D eigenvalue weighted by Gasteiger charge is 2.64. The van der Waals surface area contributed by atoms with Crippen LogP contribution in [-0.4, -0.2) is 115 Å². The Morgan fingerprint density at radius 2 is 1.14 bits per heavy atom. The van der Waals surface area contributed by atoms with Gasteiger partial charge in [0.05, 0.1) is 18.1 Å². The molecule has 0 aromatic rings. The summed E-state index contributed by atoms with van der Waals surface area (Å²) in [4.78, 5) is 91.5. The van der Waals surface area contributed by atoms with Crippen LogP contribution in [0.1, 0.15) is 184 Å². The number of cyclic esters (lactones) is 1. The number of aliphatic hydroxyl groups is 1. The van der Waals surface area contributed by atoms with Gasteiger partial charge in [-0.05, 0) is 185 Å². The maximum atomic E-state index is 12.1. The molecular formula is C65H92BO17. The summed E-state index contributed by atoms with van der Waals surface area (Å²) >= 11 is 0. The second kappa shape index (κ2) is 27.2. The molecule has 8 unspecified atom stereocenters. The van der Waals surface area contributed by atoms with Crippen molar-refractivity contribution in [3.63, 3.8) is 0 Å².